The van der Waals surface area contributed by atoms with Gasteiger partial charge in [0.05, 0.1) is 23.8 Å². The monoisotopic (exact) mass is 524 g/mol. The third-order valence-electron chi connectivity index (χ3n) is 8.02. The van der Waals surface area contributed by atoms with E-state index in [-0.39, 0.29) is 11.8 Å². The predicted octanol–water partition coefficient (Wildman–Crippen LogP) is 6.09. The molecule has 2 aromatic rings. The number of hydrogen-bond donors (Lipinski definition) is 3. The van der Waals surface area contributed by atoms with E-state index < -0.39 is 17.7 Å². The van der Waals surface area contributed by atoms with Crippen LogP contribution in [0.2, 0.25) is 0 Å². The Hall–Kier alpha value is -2.97. The van der Waals surface area contributed by atoms with Crippen LogP contribution >= 0.6 is 0 Å². The molecule has 3 N–H and O–H groups in total. The molecule has 9 heteroatoms. The van der Waals surface area contributed by atoms with Crippen molar-refractivity contribution < 1.29 is 14.3 Å². The lowest BCUT2D eigenvalue weighted by Crippen LogP contribution is -2.54. The summed E-state index contributed by atoms with van der Waals surface area (Å²) < 4.78 is 5.61. The number of rotatable bonds is 7. The Morgan fingerprint density at radius 2 is 1.55 bits per heavy atom. The Morgan fingerprint density at radius 1 is 0.947 bits per heavy atom. The van der Waals surface area contributed by atoms with Crippen molar-refractivity contribution in [1.29, 1.82) is 0 Å². The maximum absolute atomic E-state index is 13.9. The van der Waals surface area contributed by atoms with Gasteiger partial charge in [-0.05, 0) is 52.4 Å². The molecular weight excluding hydrogens is 480 g/mol. The quantitative estimate of drug-likeness (QED) is 0.403. The minimum absolute atomic E-state index is 0.0616. The van der Waals surface area contributed by atoms with E-state index in [1.54, 1.807) is 12.4 Å². The molecule has 4 rings (SSSR count). The number of alkyl carbamates (subject to hydrolysis) is 1. The van der Waals surface area contributed by atoms with Gasteiger partial charge in [0.2, 0.25) is 5.91 Å². The van der Waals surface area contributed by atoms with Gasteiger partial charge in [-0.1, -0.05) is 64.2 Å². The lowest BCUT2D eigenvalue weighted by atomic mass is 9.66. The molecule has 0 spiro atoms. The van der Waals surface area contributed by atoms with Crippen molar-refractivity contribution in [1.82, 2.24) is 25.5 Å². The molecule has 0 aromatic carbocycles. The molecule has 0 bridgehead atoms. The third kappa shape index (κ3) is 7.11. The summed E-state index contributed by atoms with van der Waals surface area (Å²) in [5.74, 6) is 0.969. The van der Waals surface area contributed by atoms with E-state index in [4.69, 9.17) is 4.74 Å². The smallest absolute Gasteiger partial charge is 0.408 e. The maximum atomic E-state index is 13.9. The van der Waals surface area contributed by atoms with Gasteiger partial charge in [0, 0.05) is 11.3 Å². The van der Waals surface area contributed by atoms with Crippen LogP contribution in [-0.4, -0.2) is 43.8 Å². The minimum Gasteiger partial charge on any atom is -0.444 e. The normalized spacial score (nSPS) is 18.3. The van der Waals surface area contributed by atoms with Gasteiger partial charge in [-0.25, -0.2) is 9.78 Å². The highest BCUT2D eigenvalue weighted by atomic mass is 16.6. The van der Waals surface area contributed by atoms with Gasteiger partial charge in [0.15, 0.2) is 5.82 Å². The molecular formula is C29H44N6O3. The molecule has 1 atom stereocenters. The number of anilines is 1. The largest absolute Gasteiger partial charge is 0.444 e. The molecule has 2 heterocycles. The summed E-state index contributed by atoms with van der Waals surface area (Å²) in [5, 5.41) is 13.2. The Morgan fingerprint density at radius 3 is 2.03 bits per heavy atom. The molecule has 2 aliphatic carbocycles. The number of amides is 2. The zero-order valence-electron chi connectivity index (χ0n) is 23.6. The molecule has 208 valence electrons. The van der Waals surface area contributed by atoms with E-state index in [1.165, 1.54) is 38.5 Å². The number of carbonyl (C=O) groups is 2. The zero-order chi connectivity index (χ0) is 27.3. The van der Waals surface area contributed by atoms with E-state index in [0.29, 0.717) is 23.3 Å². The topological polar surface area (TPSA) is 122 Å². The van der Waals surface area contributed by atoms with Crippen molar-refractivity contribution in [2.75, 3.05) is 5.32 Å². The molecule has 1 unspecified atom stereocenters. The SMILES string of the molecule is Cc1n[nH]c(C)c1-c1cnc(NC(=O)C(NC(=O)OC(C)(C)C)C(C2CCCCC2)C2CCCCC2)cn1. The summed E-state index contributed by atoms with van der Waals surface area (Å²) in [7, 11) is 0. The average molecular weight is 525 g/mol. The first-order chi connectivity index (χ1) is 18.1. The van der Waals surface area contributed by atoms with Crippen LogP contribution in [0, 0.1) is 31.6 Å². The maximum Gasteiger partial charge on any atom is 0.408 e. The minimum atomic E-state index is -0.698. The van der Waals surface area contributed by atoms with Gasteiger partial charge in [0.1, 0.15) is 11.6 Å². The number of nitrogens with zero attached hydrogens (tertiary/aromatic N) is 3. The van der Waals surface area contributed by atoms with Crippen molar-refractivity contribution in [2.24, 2.45) is 17.8 Å². The zero-order valence-corrected chi connectivity index (χ0v) is 23.6. The van der Waals surface area contributed by atoms with Crippen molar-refractivity contribution in [2.45, 2.75) is 110 Å². The summed E-state index contributed by atoms with van der Waals surface area (Å²) in [6.45, 7) is 9.36. The van der Waals surface area contributed by atoms with Crippen LogP contribution in [0.5, 0.6) is 0 Å². The standard InChI is InChI=1S/C29H44N6O3/c1-18-24(19(2)35-34-18)22-16-31-23(17-30-22)32-27(36)26(33-28(37)38-29(3,4)5)25(20-12-8-6-9-13-20)21-14-10-7-11-15-21/h16-17,20-21,25-26H,6-15H2,1-5H3,(H,33,37)(H,34,35)(H,31,32,36). The highest BCUT2D eigenvalue weighted by Crippen LogP contribution is 2.42. The highest BCUT2D eigenvalue weighted by molar-refractivity contribution is 5.96. The van der Waals surface area contributed by atoms with E-state index in [2.05, 4.69) is 30.8 Å². The Labute approximate surface area is 226 Å². The number of nitrogens with one attached hydrogen (secondary N) is 3. The van der Waals surface area contributed by atoms with Crippen LogP contribution in [0.25, 0.3) is 11.3 Å². The molecule has 2 amide bonds. The predicted molar refractivity (Wildman–Crippen MR) is 148 cm³/mol. The van der Waals surface area contributed by atoms with Crippen molar-refractivity contribution in [3.8, 4) is 11.3 Å². The Balaban J connectivity index is 1.59. The lowest BCUT2D eigenvalue weighted by Gasteiger charge is -2.41. The number of aryl methyl sites for hydroxylation is 2. The average Bonchev–Trinajstić information content (AvgIpc) is 3.22. The molecule has 0 radical (unpaired) electrons. The second kappa shape index (κ2) is 12.3. The van der Waals surface area contributed by atoms with Gasteiger partial charge in [0.25, 0.3) is 0 Å². The first kappa shape index (κ1) is 28.0. The number of H-pyrrole nitrogens is 1. The van der Waals surface area contributed by atoms with Gasteiger partial charge in [-0.3, -0.25) is 14.9 Å². The van der Waals surface area contributed by atoms with Crippen LogP contribution in [-0.2, 0) is 9.53 Å². The van der Waals surface area contributed by atoms with Crippen LogP contribution in [0.1, 0.15) is 96.4 Å². The van der Waals surface area contributed by atoms with Crippen molar-refractivity contribution in [3.05, 3.63) is 23.8 Å². The van der Waals surface area contributed by atoms with Gasteiger partial charge >= 0.3 is 6.09 Å². The fourth-order valence-corrected chi connectivity index (χ4v) is 6.39. The number of aromatic nitrogens is 4. The fraction of sp³-hybridized carbons (Fsp3) is 0.690. The van der Waals surface area contributed by atoms with Gasteiger partial charge < -0.3 is 15.4 Å². The Bertz CT molecular complexity index is 1040. The van der Waals surface area contributed by atoms with E-state index in [1.807, 2.05) is 34.6 Å². The van der Waals surface area contributed by atoms with Gasteiger partial charge in [-0.15, -0.1) is 0 Å². The molecule has 0 aliphatic heterocycles. The fourth-order valence-electron chi connectivity index (χ4n) is 6.39. The second-order valence-corrected chi connectivity index (χ2v) is 12.1. The molecule has 9 nitrogen and oxygen atoms in total. The number of aromatic amines is 1. The van der Waals surface area contributed by atoms with E-state index in [9.17, 15) is 9.59 Å². The first-order valence-electron chi connectivity index (χ1n) is 14.3. The molecule has 2 aliphatic rings. The van der Waals surface area contributed by atoms with Crippen molar-refractivity contribution in [3.63, 3.8) is 0 Å². The molecule has 2 saturated carbocycles. The summed E-state index contributed by atoms with van der Waals surface area (Å²) in [4.78, 5) is 35.9. The van der Waals surface area contributed by atoms with Crippen LogP contribution in [0.4, 0.5) is 10.6 Å². The number of carbonyl (C=O) groups excluding carboxylic acids is 2. The molecule has 2 fully saturated rings. The number of ether oxygens (including phenoxy) is 1. The first-order valence-corrected chi connectivity index (χ1v) is 14.3. The number of hydrogen-bond acceptors (Lipinski definition) is 6. The van der Waals surface area contributed by atoms with E-state index >= 15 is 0 Å². The van der Waals surface area contributed by atoms with Gasteiger partial charge in [-0.2, -0.15) is 5.10 Å². The summed E-state index contributed by atoms with van der Waals surface area (Å²) >= 11 is 0. The summed E-state index contributed by atoms with van der Waals surface area (Å²) in [6.07, 6.45) is 14.2. The highest BCUT2D eigenvalue weighted by Gasteiger charge is 2.41. The molecule has 0 saturated heterocycles. The van der Waals surface area contributed by atoms with Crippen LogP contribution in [0.15, 0.2) is 12.4 Å². The molecule has 2 aromatic heterocycles. The lowest BCUT2D eigenvalue weighted by molar-refractivity contribution is -0.121. The van der Waals surface area contributed by atoms with Crippen LogP contribution in [0.3, 0.4) is 0 Å². The van der Waals surface area contributed by atoms with E-state index in [0.717, 1.165) is 42.6 Å². The molecule has 38 heavy (non-hydrogen) atoms. The van der Waals surface area contributed by atoms with Crippen LogP contribution < -0.4 is 10.6 Å². The van der Waals surface area contributed by atoms with Crippen molar-refractivity contribution >= 4 is 17.8 Å². The summed E-state index contributed by atoms with van der Waals surface area (Å²) in [5.41, 5.74) is 2.71. The second-order valence-electron chi connectivity index (χ2n) is 12.1. The Kier molecular flexibility index (Phi) is 9.05. The third-order valence-corrected chi connectivity index (χ3v) is 8.02. The summed E-state index contributed by atoms with van der Waals surface area (Å²) in [6, 6.07) is -0.698.